The third kappa shape index (κ3) is 4.37. The Kier molecular flexibility index (Phi) is 4.52. The van der Waals surface area contributed by atoms with Crippen molar-refractivity contribution in [1.29, 1.82) is 0 Å². The highest BCUT2D eigenvalue weighted by Crippen LogP contribution is 2.12. The first-order valence-corrected chi connectivity index (χ1v) is 6.37. The highest BCUT2D eigenvalue weighted by Gasteiger charge is 2.02. The summed E-state index contributed by atoms with van der Waals surface area (Å²) in [5, 5.41) is 7.18. The minimum Gasteiger partial charge on any atom is -0.486 e. The fraction of sp³-hybridized carbons (Fsp3) is 0.429. The first-order chi connectivity index (χ1) is 9.13. The minimum absolute atomic E-state index is 0.391. The maximum atomic E-state index is 5.58. The van der Waals surface area contributed by atoms with Gasteiger partial charge in [0.1, 0.15) is 23.8 Å². The Morgan fingerprint density at radius 1 is 1.32 bits per heavy atom. The van der Waals surface area contributed by atoms with Crippen LogP contribution in [0.5, 0.6) is 5.75 Å². The van der Waals surface area contributed by atoms with Crippen molar-refractivity contribution in [2.75, 3.05) is 0 Å². The molecule has 0 aliphatic rings. The average molecular weight is 261 g/mol. The molecule has 2 aromatic heterocycles. The lowest BCUT2D eigenvalue weighted by Gasteiger charge is -2.08. The van der Waals surface area contributed by atoms with Crippen LogP contribution in [0, 0.1) is 6.92 Å². The van der Waals surface area contributed by atoms with Crippen molar-refractivity contribution in [3.8, 4) is 5.75 Å². The van der Waals surface area contributed by atoms with Crippen LogP contribution in [-0.4, -0.2) is 16.2 Å². The second-order valence-electron chi connectivity index (χ2n) is 4.74. The summed E-state index contributed by atoms with van der Waals surface area (Å²) in [4.78, 5) is 4.34. The molecule has 0 fully saturated rings. The van der Waals surface area contributed by atoms with E-state index in [1.165, 1.54) is 0 Å². The molecular formula is C14H19N3O2. The molecule has 102 valence electrons. The minimum atomic E-state index is 0.391. The molecule has 2 heterocycles. The molecule has 0 atom stereocenters. The molecule has 0 aliphatic heterocycles. The fourth-order valence-electron chi connectivity index (χ4n) is 1.55. The Morgan fingerprint density at radius 3 is 2.74 bits per heavy atom. The SMILES string of the molecule is Cc1cc(COc2ccc(CNC(C)C)nc2)no1. The summed E-state index contributed by atoms with van der Waals surface area (Å²) in [6.45, 7) is 7.23. The Morgan fingerprint density at radius 2 is 2.16 bits per heavy atom. The summed E-state index contributed by atoms with van der Waals surface area (Å²) < 4.78 is 10.6. The maximum absolute atomic E-state index is 5.58. The first-order valence-electron chi connectivity index (χ1n) is 6.37. The third-order valence-corrected chi connectivity index (χ3v) is 2.55. The van der Waals surface area contributed by atoms with Gasteiger partial charge in [0.15, 0.2) is 0 Å². The van der Waals surface area contributed by atoms with Crippen molar-refractivity contribution in [3.05, 3.63) is 41.5 Å². The van der Waals surface area contributed by atoms with Gasteiger partial charge in [-0.15, -0.1) is 0 Å². The molecule has 19 heavy (non-hydrogen) atoms. The van der Waals surface area contributed by atoms with Crippen LogP contribution in [0.2, 0.25) is 0 Å². The molecule has 0 amide bonds. The van der Waals surface area contributed by atoms with Crippen molar-refractivity contribution in [2.45, 2.75) is 40.0 Å². The van der Waals surface area contributed by atoms with Crippen LogP contribution in [0.15, 0.2) is 28.9 Å². The second kappa shape index (κ2) is 6.33. The van der Waals surface area contributed by atoms with Gasteiger partial charge in [0, 0.05) is 18.7 Å². The van der Waals surface area contributed by atoms with Gasteiger partial charge in [0.25, 0.3) is 0 Å². The average Bonchev–Trinajstić information content (AvgIpc) is 2.81. The molecule has 2 aromatic rings. The van der Waals surface area contributed by atoms with Gasteiger partial charge in [-0.1, -0.05) is 19.0 Å². The number of aryl methyl sites for hydroxylation is 1. The molecule has 0 saturated heterocycles. The van der Waals surface area contributed by atoms with E-state index in [1.54, 1.807) is 6.20 Å². The summed E-state index contributed by atoms with van der Waals surface area (Å²) in [5.74, 6) is 1.51. The first kappa shape index (κ1) is 13.5. The van der Waals surface area contributed by atoms with E-state index >= 15 is 0 Å². The van der Waals surface area contributed by atoms with Gasteiger partial charge < -0.3 is 14.6 Å². The Hall–Kier alpha value is -1.88. The molecule has 0 aromatic carbocycles. The molecule has 1 N–H and O–H groups in total. The van der Waals surface area contributed by atoms with E-state index in [9.17, 15) is 0 Å². The fourth-order valence-corrected chi connectivity index (χ4v) is 1.55. The van der Waals surface area contributed by atoms with E-state index in [1.807, 2.05) is 25.1 Å². The number of hydrogen-bond donors (Lipinski definition) is 1. The Labute approximate surface area is 113 Å². The highest BCUT2D eigenvalue weighted by molar-refractivity contribution is 5.20. The number of ether oxygens (including phenoxy) is 1. The van der Waals surface area contributed by atoms with E-state index in [4.69, 9.17) is 9.26 Å². The van der Waals surface area contributed by atoms with E-state index in [0.29, 0.717) is 12.6 Å². The van der Waals surface area contributed by atoms with E-state index in [-0.39, 0.29) is 0 Å². The molecule has 0 bridgehead atoms. The van der Waals surface area contributed by atoms with Crippen LogP contribution in [0.3, 0.4) is 0 Å². The molecule has 5 nitrogen and oxygen atoms in total. The monoisotopic (exact) mass is 261 g/mol. The van der Waals surface area contributed by atoms with Crippen LogP contribution in [0.4, 0.5) is 0 Å². The number of hydrogen-bond acceptors (Lipinski definition) is 5. The molecule has 0 unspecified atom stereocenters. The lowest BCUT2D eigenvalue weighted by molar-refractivity contribution is 0.286. The van der Waals surface area contributed by atoms with Crippen LogP contribution in [-0.2, 0) is 13.2 Å². The number of rotatable bonds is 6. The van der Waals surface area contributed by atoms with Crippen LogP contribution < -0.4 is 10.1 Å². The van der Waals surface area contributed by atoms with Crippen LogP contribution in [0.1, 0.15) is 31.0 Å². The quantitative estimate of drug-likeness (QED) is 0.865. The zero-order valence-electron chi connectivity index (χ0n) is 11.5. The van der Waals surface area contributed by atoms with Gasteiger partial charge in [-0.25, -0.2) is 0 Å². The number of nitrogens with one attached hydrogen (secondary N) is 1. The molecule has 5 heteroatoms. The number of nitrogens with zero attached hydrogens (tertiary/aromatic N) is 2. The number of aromatic nitrogens is 2. The summed E-state index contributed by atoms with van der Waals surface area (Å²) >= 11 is 0. The van der Waals surface area contributed by atoms with Crippen molar-refractivity contribution < 1.29 is 9.26 Å². The highest BCUT2D eigenvalue weighted by atomic mass is 16.5. The van der Waals surface area contributed by atoms with Gasteiger partial charge in [0.05, 0.1) is 11.9 Å². The molecule has 0 spiro atoms. The normalized spacial score (nSPS) is 10.9. The predicted molar refractivity (Wildman–Crippen MR) is 71.8 cm³/mol. The molecular weight excluding hydrogens is 242 g/mol. The van der Waals surface area contributed by atoms with Gasteiger partial charge in [-0.05, 0) is 19.1 Å². The van der Waals surface area contributed by atoms with Gasteiger partial charge in [0.2, 0.25) is 0 Å². The van der Waals surface area contributed by atoms with Crippen molar-refractivity contribution in [3.63, 3.8) is 0 Å². The van der Waals surface area contributed by atoms with Crippen molar-refractivity contribution in [2.24, 2.45) is 0 Å². The van der Waals surface area contributed by atoms with E-state index in [0.717, 1.165) is 29.4 Å². The Bertz CT molecular complexity index is 506. The van der Waals surface area contributed by atoms with Crippen molar-refractivity contribution in [1.82, 2.24) is 15.5 Å². The summed E-state index contributed by atoms with van der Waals surface area (Å²) in [5.41, 5.74) is 1.78. The van der Waals surface area contributed by atoms with Gasteiger partial charge in [-0.2, -0.15) is 0 Å². The smallest absolute Gasteiger partial charge is 0.138 e. The summed E-state index contributed by atoms with van der Waals surface area (Å²) in [6, 6.07) is 6.18. The van der Waals surface area contributed by atoms with E-state index in [2.05, 4.69) is 29.3 Å². The number of pyridine rings is 1. The van der Waals surface area contributed by atoms with Gasteiger partial charge >= 0.3 is 0 Å². The van der Waals surface area contributed by atoms with E-state index < -0.39 is 0 Å². The zero-order valence-corrected chi connectivity index (χ0v) is 11.5. The van der Waals surface area contributed by atoms with Crippen molar-refractivity contribution >= 4 is 0 Å². The lowest BCUT2D eigenvalue weighted by atomic mass is 10.3. The predicted octanol–water partition coefficient (Wildman–Crippen LogP) is 2.46. The van der Waals surface area contributed by atoms with Gasteiger partial charge in [-0.3, -0.25) is 4.98 Å². The lowest BCUT2D eigenvalue weighted by Crippen LogP contribution is -2.22. The third-order valence-electron chi connectivity index (χ3n) is 2.55. The largest absolute Gasteiger partial charge is 0.486 e. The van der Waals surface area contributed by atoms with Crippen LogP contribution >= 0.6 is 0 Å². The Balaban J connectivity index is 1.84. The zero-order chi connectivity index (χ0) is 13.7. The maximum Gasteiger partial charge on any atom is 0.138 e. The molecule has 0 radical (unpaired) electrons. The van der Waals surface area contributed by atoms with Crippen LogP contribution in [0.25, 0.3) is 0 Å². The second-order valence-corrected chi connectivity index (χ2v) is 4.74. The standard InChI is InChI=1S/C14H19N3O2/c1-10(2)15-7-12-4-5-14(8-16-12)18-9-13-6-11(3)19-17-13/h4-6,8,10,15H,7,9H2,1-3H3. The molecule has 0 saturated carbocycles. The molecule has 0 aliphatic carbocycles. The molecule has 2 rings (SSSR count). The summed E-state index contributed by atoms with van der Waals surface area (Å²) in [6.07, 6.45) is 1.73. The topological polar surface area (TPSA) is 60.2 Å². The summed E-state index contributed by atoms with van der Waals surface area (Å²) in [7, 11) is 0.